The molecular formula is C29H28N6O2. The van der Waals surface area contributed by atoms with Gasteiger partial charge in [-0.1, -0.05) is 30.3 Å². The minimum Gasteiger partial charge on any atom is -0.467 e. The Hall–Kier alpha value is -4.30. The van der Waals surface area contributed by atoms with Crippen molar-refractivity contribution in [3.05, 3.63) is 102 Å². The predicted octanol–water partition coefficient (Wildman–Crippen LogP) is 4.14. The maximum Gasteiger partial charge on any atom is 0.254 e. The summed E-state index contributed by atoms with van der Waals surface area (Å²) in [6, 6.07) is 20.0. The number of piperazine rings is 1. The quantitative estimate of drug-likeness (QED) is 0.340. The number of nitrogens with zero attached hydrogens (tertiary/aromatic N) is 6. The molecule has 5 aromatic rings. The van der Waals surface area contributed by atoms with E-state index < -0.39 is 0 Å². The number of furan rings is 1. The topological polar surface area (TPSA) is 80.3 Å². The van der Waals surface area contributed by atoms with E-state index in [9.17, 15) is 4.79 Å². The van der Waals surface area contributed by atoms with Gasteiger partial charge in [-0.3, -0.25) is 14.7 Å². The fourth-order valence-electron chi connectivity index (χ4n) is 4.83. The second-order valence-electron chi connectivity index (χ2n) is 9.29. The summed E-state index contributed by atoms with van der Waals surface area (Å²) in [5.74, 6) is 0.788. The number of fused-ring (bicyclic) bond motifs is 1. The summed E-state index contributed by atoms with van der Waals surface area (Å²) >= 11 is 0. The average molecular weight is 493 g/mol. The van der Waals surface area contributed by atoms with Gasteiger partial charge in [-0.2, -0.15) is 5.10 Å². The Morgan fingerprint density at radius 2 is 1.81 bits per heavy atom. The van der Waals surface area contributed by atoms with Gasteiger partial charge < -0.3 is 9.32 Å². The van der Waals surface area contributed by atoms with Crippen LogP contribution in [-0.4, -0.2) is 68.2 Å². The summed E-state index contributed by atoms with van der Waals surface area (Å²) in [5, 5.41) is 5.30. The van der Waals surface area contributed by atoms with Crippen LogP contribution in [0.2, 0.25) is 0 Å². The lowest BCUT2D eigenvalue weighted by atomic mass is 10.1. The van der Waals surface area contributed by atoms with Crippen molar-refractivity contribution < 1.29 is 9.21 Å². The average Bonchev–Trinajstić information content (AvgIpc) is 3.63. The van der Waals surface area contributed by atoms with Gasteiger partial charge in [0.15, 0.2) is 5.65 Å². The van der Waals surface area contributed by atoms with E-state index in [1.165, 1.54) is 5.56 Å². The molecule has 1 saturated heterocycles. The molecule has 0 aliphatic carbocycles. The number of rotatable bonds is 7. The maximum absolute atomic E-state index is 13.8. The number of carbonyl (C=O) groups excluding carboxylic acids is 1. The minimum absolute atomic E-state index is 0.0119. The van der Waals surface area contributed by atoms with Crippen molar-refractivity contribution in [2.24, 2.45) is 0 Å². The number of hydrogen-bond acceptors (Lipinski definition) is 6. The molecule has 186 valence electrons. The first-order valence-corrected chi connectivity index (χ1v) is 12.6. The van der Waals surface area contributed by atoms with Crippen LogP contribution in [0.25, 0.3) is 22.3 Å². The zero-order valence-electron chi connectivity index (χ0n) is 20.5. The van der Waals surface area contributed by atoms with Gasteiger partial charge in [-0.25, -0.2) is 9.67 Å². The van der Waals surface area contributed by atoms with Crippen LogP contribution in [0.1, 0.15) is 21.7 Å². The lowest BCUT2D eigenvalue weighted by Crippen LogP contribution is -2.49. The molecule has 0 N–H and O–H groups in total. The molecular weight excluding hydrogens is 464 g/mol. The van der Waals surface area contributed by atoms with Gasteiger partial charge in [0.2, 0.25) is 0 Å². The number of amides is 1. The van der Waals surface area contributed by atoms with E-state index in [2.05, 4.69) is 39.2 Å². The lowest BCUT2D eigenvalue weighted by molar-refractivity contribution is 0.0640. The zero-order valence-corrected chi connectivity index (χ0v) is 20.5. The van der Waals surface area contributed by atoms with Crippen LogP contribution >= 0.6 is 0 Å². The predicted molar refractivity (Wildman–Crippen MR) is 141 cm³/mol. The van der Waals surface area contributed by atoms with Gasteiger partial charge >= 0.3 is 0 Å². The van der Waals surface area contributed by atoms with Crippen molar-refractivity contribution in [1.82, 2.24) is 29.5 Å². The lowest BCUT2D eigenvalue weighted by Gasteiger charge is -2.35. The third-order valence-corrected chi connectivity index (χ3v) is 6.90. The van der Waals surface area contributed by atoms with Crippen LogP contribution in [0, 0.1) is 0 Å². The molecule has 0 saturated carbocycles. The van der Waals surface area contributed by atoms with Gasteiger partial charge in [0.05, 0.1) is 29.1 Å². The van der Waals surface area contributed by atoms with Gasteiger partial charge in [0.25, 0.3) is 5.91 Å². The largest absolute Gasteiger partial charge is 0.467 e. The van der Waals surface area contributed by atoms with Crippen LogP contribution in [0.3, 0.4) is 0 Å². The molecule has 1 fully saturated rings. The molecule has 1 aliphatic heterocycles. The Bertz CT molecular complexity index is 1470. The number of carbonyl (C=O) groups is 1. The van der Waals surface area contributed by atoms with Crippen LogP contribution in [0.15, 0.2) is 89.9 Å². The van der Waals surface area contributed by atoms with Gasteiger partial charge in [-0.15, -0.1) is 0 Å². The van der Waals surface area contributed by atoms with E-state index in [0.29, 0.717) is 36.5 Å². The number of pyridine rings is 2. The second kappa shape index (κ2) is 10.4. The molecule has 0 radical (unpaired) electrons. The molecule has 8 heteroatoms. The van der Waals surface area contributed by atoms with Crippen molar-refractivity contribution in [3.8, 4) is 11.3 Å². The van der Waals surface area contributed by atoms with Gasteiger partial charge in [0, 0.05) is 50.7 Å². The van der Waals surface area contributed by atoms with Crippen molar-refractivity contribution in [1.29, 1.82) is 0 Å². The van der Waals surface area contributed by atoms with Crippen LogP contribution in [0.4, 0.5) is 0 Å². The number of benzene rings is 1. The molecule has 4 aromatic heterocycles. The molecule has 1 aromatic carbocycles. The fourth-order valence-corrected chi connectivity index (χ4v) is 4.83. The molecule has 8 nitrogen and oxygen atoms in total. The maximum atomic E-state index is 13.8. The number of hydrogen-bond donors (Lipinski definition) is 0. The Balaban J connectivity index is 1.25. The van der Waals surface area contributed by atoms with E-state index in [-0.39, 0.29) is 5.91 Å². The van der Waals surface area contributed by atoms with Crippen molar-refractivity contribution >= 4 is 16.9 Å². The van der Waals surface area contributed by atoms with Crippen LogP contribution in [-0.2, 0) is 13.0 Å². The van der Waals surface area contributed by atoms with E-state index in [1.54, 1.807) is 29.5 Å². The van der Waals surface area contributed by atoms with Crippen molar-refractivity contribution in [2.75, 3.05) is 32.7 Å². The summed E-state index contributed by atoms with van der Waals surface area (Å²) in [6.45, 7) is 4.55. The SMILES string of the molecule is O=C(c1cc(-c2cccnc2)nc2c1cnn2Cc1ccco1)N1CCN(CCc2ccccc2)CC1. The summed E-state index contributed by atoms with van der Waals surface area (Å²) in [5.41, 5.74) is 4.17. The molecule has 0 bridgehead atoms. The highest BCUT2D eigenvalue weighted by Crippen LogP contribution is 2.26. The van der Waals surface area contributed by atoms with E-state index in [1.807, 2.05) is 41.3 Å². The summed E-state index contributed by atoms with van der Waals surface area (Å²) < 4.78 is 7.31. The first-order valence-electron chi connectivity index (χ1n) is 12.6. The highest BCUT2D eigenvalue weighted by atomic mass is 16.3. The first kappa shape index (κ1) is 23.1. The highest BCUT2D eigenvalue weighted by molar-refractivity contribution is 6.06. The van der Waals surface area contributed by atoms with Crippen molar-refractivity contribution in [2.45, 2.75) is 13.0 Å². The molecule has 1 amide bonds. The highest BCUT2D eigenvalue weighted by Gasteiger charge is 2.25. The third kappa shape index (κ3) is 5.01. The minimum atomic E-state index is 0.0119. The summed E-state index contributed by atoms with van der Waals surface area (Å²) in [7, 11) is 0. The standard InChI is InChI=1S/C29H28N6O2/c36-29(34-15-13-33(14-16-34)12-10-22-6-2-1-3-7-22)25-18-27(23-8-4-11-30-19-23)32-28-26(25)20-31-35(28)21-24-9-5-17-37-24/h1-9,11,17-20H,10,12-16,21H2. The number of aromatic nitrogens is 4. The molecule has 0 spiro atoms. The first-order chi connectivity index (χ1) is 18.2. The second-order valence-corrected chi connectivity index (χ2v) is 9.29. The van der Waals surface area contributed by atoms with E-state index in [0.717, 1.165) is 42.8 Å². The normalized spacial score (nSPS) is 14.3. The summed E-state index contributed by atoms with van der Waals surface area (Å²) in [6.07, 6.45) is 7.89. The Morgan fingerprint density at radius 3 is 2.57 bits per heavy atom. The van der Waals surface area contributed by atoms with Crippen LogP contribution in [0.5, 0.6) is 0 Å². The fraction of sp³-hybridized carbons (Fsp3) is 0.241. The Labute approximate surface area is 215 Å². The van der Waals surface area contributed by atoms with Crippen LogP contribution < -0.4 is 0 Å². The van der Waals surface area contributed by atoms with Gasteiger partial charge in [0.1, 0.15) is 12.3 Å². The molecule has 37 heavy (non-hydrogen) atoms. The summed E-state index contributed by atoms with van der Waals surface area (Å²) in [4.78, 5) is 27.3. The third-order valence-electron chi connectivity index (χ3n) is 6.90. The monoisotopic (exact) mass is 492 g/mol. The van der Waals surface area contributed by atoms with E-state index in [4.69, 9.17) is 9.40 Å². The molecule has 0 unspecified atom stereocenters. The smallest absolute Gasteiger partial charge is 0.254 e. The molecule has 1 aliphatic rings. The Kier molecular flexibility index (Phi) is 6.47. The molecule has 5 heterocycles. The molecule has 0 atom stereocenters. The van der Waals surface area contributed by atoms with Crippen molar-refractivity contribution in [3.63, 3.8) is 0 Å². The molecule has 6 rings (SSSR count). The Morgan fingerprint density at radius 1 is 0.946 bits per heavy atom. The zero-order chi connectivity index (χ0) is 25.0. The van der Waals surface area contributed by atoms with Gasteiger partial charge in [-0.05, 0) is 42.3 Å². The van der Waals surface area contributed by atoms with E-state index >= 15 is 0 Å².